The molecule has 2 aliphatic rings. The molecule has 4 rings (SSSR count). The predicted molar refractivity (Wildman–Crippen MR) is 93.5 cm³/mol. The zero-order valence-electron chi connectivity index (χ0n) is 14.4. The maximum absolute atomic E-state index is 12.7. The molecule has 0 radical (unpaired) electrons. The number of ether oxygens (including phenoxy) is 1. The third-order valence-electron chi connectivity index (χ3n) is 4.78. The Kier molecular flexibility index (Phi) is 4.29. The minimum atomic E-state index is -3.63. The largest absolute Gasteiger partial charge is 0.376 e. The van der Waals surface area contributed by atoms with E-state index in [4.69, 9.17) is 4.74 Å². The third kappa shape index (κ3) is 2.81. The highest BCUT2D eigenvalue weighted by Crippen LogP contribution is 2.30. The molecule has 2 aromatic rings. The number of nitrogens with one attached hydrogen (secondary N) is 1. The Labute approximate surface area is 151 Å². The summed E-state index contributed by atoms with van der Waals surface area (Å²) in [5.41, 5.74) is 1.28. The molecule has 26 heavy (non-hydrogen) atoms. The summed E-state index contributed by atoms with van der Waals surface area (Å²) in [6.45, 7) is 1.22. The molecule has 0 unspecified atom stereocenters. The van der Waals surface area contributed by atoms with Crippen LogP contribution < -0.4 is 5.32 Å². The molecule has 138 valence electrons. The van der Waals surface area contributed by atoms with Crippen molar-refractivity contribution in [1.82, 2.24) is 19.2 Å². The van der Waals surface area contributed by atoms with E-state index in [1.165, 1.54) is 17.7 Å². The van der Waals surface area contributed by atoms with Gasteiger partial charge < -0.3 is 10.1 Å². The first-order valence-electron chi connectivity index (χ1n) is 8.50. The molecule has 1 saturated heterocycles. The highest BCUT2D eigenvalue weighted by molar-refractivity contribution is 7.89. The van der Waals surface area contributed by atoms with Gasteiger partial charge in [-0.25, -0.2) is 13.4 Å². The van der Waals surface area contributed by atoms with E-state index in [-0.39, 0.29) is 29.1 Å². The van der Waals surface area contributed by atoms with E-state index in [1.54, 1.807) is 28.8 Å². The molecule has 1 aromatic heterocycles. The minimum absolute atomic E-state index is 0.0314. The number of nitrogens with zero attached hydrogens (tertiary/aromatic N) is 3. The SMILES string of the molecule is CN1Cc2c(C(=O)NC[C@H]3CCCO3)ncn2-c2ccccc2S1(=O)=O. The molecule has 9 heteroatoms. The number of rotatable bonds is 3. The van der Waals surface area contributed by atoms with Crippen molar-refractivity contribution >= 4 is 15.9 Å². The molecule has 0 saturated carbocycles. The Hall–Kier alpha value is -2.23. The Morgan fingerprint density at radius 3 is 2.96 bits per heavy atom. The maximum Gasteiger partial charge on any atom is 0.271 e. The Morgan fingerprint density at radius 1 is 1.38 bits per heavy atom. The summed E-state index contributed by atoms with van der Waals surface area (Å²) in [6, 6.07) is 6.72. The number of aromatic nitrogens is 2. The zero-order valence-corrected chi connectivity index (χ0v) is 15.2. The molecular weight excluding hydrogens is 356 g/mol. The molecular formula is C17H20N4O4S. The summed E-state index contributed by atoms with van der Waals surface area (Å²) in [4.78, 5) is 17.1. The van der Waals surface area contributed by atoms with E-state index in [9.17, 15) is 13.2 Å². The van der Waals surface area contributed by atoms with Gasteiger partial charge in [-0.1, -0.05) is 12.1 Å². The first-order chi connectivity index (χ1) is 12.5. The van der Waals surface area contributed by atoms with Gasteiger partial charge in [-0.3, -0.25) is 9.36 Å². The number of hydrogen-bond acceptors (Lipinski definition) is 5. The number of carbonyl (C=O) groups is 1. The van der Waals surface area contributed by atoms with Crippen LogP contribution in [0.1, 0.15) is 29.0 Å². The first-order valence-corrected chi connectivity index (χ1v) is 9.94. The molecule has 0 bridgehead atoms. The van der Waals surface area contributed by atoms with E-state index >= 15 is 0 Å². The monoisotopic (exact) mass is 376 g/mol. The normalized spacial score (nSPS) is 21.7. The summed E-state index contributed by atoms with van der Waals surface area (Å²) in [5, 5.41) is 2.85. The van der Waals surface area contributed by atoms with Gasteiger partial charge in [0.1, 0.15) is 11.2 Å². The topological polar surface area (TPSA) is 93.5 Å². The van der Waals surface area contributed by atoms with Crippen LogP contribution in [0.5, 0.6) is 0 Å². The van der Waals surface area contributed by atoms with Gasteiger partial charge in [-0.2, -0.15) is 4.31 Å². The van der Waals surface area contributed by atoms with Crippen LogP contribution in [0, 0.1) is 0 Å². The number of imidazole rings is 1. The first kappa shape index (κ1) is 17.2. The second kappa shape index (κ2) is 6.49. The van der Waals surface area contributed by atoms with Gasteiger partial charge >= 0.3 is 0 Å². The quantitative estimate of drug-likeness (QED) is 0.860. The van der Waals surface area contributed by atoms with Gasteiger partial charge in [0, 0.05) is 20.2 Å². The average Bonchev–Trinajstić information content (AvgIpc) is 3.28. The number of sulfonamides is 1. The smallest absolute Gasteiger partial charge is 0.271 e. The average molecular weight is 376 g/mol. The molecule has 1 amide bonds. The lowest BCUT2D eigenvalue weighted by Gasteiger charge is -2.15. The van der Waals surface area contributed by atoms with Crippen molar-refractivity contribution in [3.05, 3.63) is 42.0 Å². The molecule has 3 heterocycles. The molecule has 1 fully saturated rings. The Balaban J connectivity index is 1.69. The van der Waals surface area contributed by atoms with Gasteiger partial charge in [0.05, 0.1) is 24.0 Å². The van der Waals surface area contributed by atoms with E-state index in [0.29, 0.717) is 17.9 Å². The number of amides is 1. The van der Waals surface area contributed by atoms with Gasteiger partial charge in [0.2, 0.25) is 10.0 Å². The third-order valence-corrected chi connectivity index (χ3v) is 6.63. The molecule has 0 aliphatic carbocycles. The van der Waals surface area contributed by atoms with E-state index in [2.05, 4.69) is 10.3 Å². The second-order valence-corrected chi connectivity index (χ2v) is 8.50. The predicted octanol–water partition coefficient (Wildman–Crippen LogP) is 0.915. The van der Waals surface area contributed by atoms with Crippen LogP contribution in [-0.4, -0.2) is 54.5 Å². The lowest BCUT2D eigenvalue weighted by Crippen LogP contribution is -2.33. The summed E-state index contributed by atoms with van der Waals surface area (Å²) >= 11 is 0. The van der Waals surface area contributed by atoms with Crippen LogP contribution in [0.4, 0.5) is 0 Å². The Bertz CT molecular complexity index is 947. The summed E-state index contributed by atoms with van der Waals surface area (Å²) in [6.07, 6.45) is 3.46. The Morgan fingerprint density at radius 2 is 2.19 bits per heavy atom. The standard InChI is InChI=1S/C17H20N4O4S/c1-20-10-14-16(17(22)18-9-12-5-4-8-25-12)19-11-21(14)13-6-2-3-7-15(13)26(20,23)24/h2-3,6-7,11-12H,4-5,8-10H2,1H3,(H,18,22)/t12-/m1/s1. The molecule has 1 N–H and O–H groups in total. The summed E-state index contributed by atoms with van der Waals surface area (Å²) < 4.78 is 33.9. The summed E-state index contributed by atoms with van der Waals surface area (Å²) in [7, 11) is -2.13. The highest BCUT2D eigenvalue weighted by atomic mass is 32.2. The van der Waals surface area contributed by atoms with Crippen molar-refractivity contribution in [2.24, 2.45) is 0 Å². The highest BCUT2D eigenvalue weighted by Gasteiger charge is 2.32. The van der Waals surface area contributed by atoms with E-state index in [1.807, 2.05) is 0 Å². The molecule has 1 atom stereocenters. The molecule has 0 spiro atoms. The molecule has 2 aliphatic heterocycles. The number of benzene rings is 1. The fourth-order valence-corrected chi connectivity index (χ4v) is 4.67. The van der Waals surface area contributed by atoms with Gasteiger partial charge in [-0.15, -0.1) is 0 Å². The van der Waals surface area contributed by atoms with Crippen LogP contribution in [0.15, 0.2) is 35.5 Å². The van der Waals surface area contributed by atoms with Crippen molar-refractivity contribution in [2.75, 3.05) is 20.2 Å². The maximum atomic E-state index is 12.7. The van der Waals surface area contributed by atoms with Crippen LogP contribution in [-0.2, 0) is 21.3 Å². The second-order valence-electron chi connectivity index (χ2n) is 6.48. The fourth-order valence-electron chi connectivity index (χ4n) is 3.36. The van der Waals surface area contributed by atoms with E-state index in [0.717, 1.165) is 19.4 Å². The number of fused-ring (bicyclic) bond motifs is 3. The van der Waals surface area contributed by atoms with Crippen molar-refractivity contribution in [2.45, 2.75) is 30.4 Å². The van der Waals surface area contributed by atoms with Crippen molar-refractivity contribution in [3.63, 3.8) is 0 Å². The fraction of sp³-hybridized carbons (Fsp3) is 0.412. The van der Waals surface area contributed by atoms with Crippen LogP contribution in [0.25, 0.3) is 5.69 Å². The number of carbonyl (C=O) groups excluding carboxylic acids is 1. The number of para-hydroxylation sites is 1. The molecule has 8 nitrogen and oxygen atoms in total. The van der Waals surface area contributed by atoms with Crippen LogP contribution >= 0.6 is 0 Å². The molecule has 1 aromatic carbocycles. The van der Waals surface area contributed by atoms with Crippen molar-refractivity contribution in [1.29, 1.82) is 0 Å². The summed E-state index contributed by atoms with van der Waals surface area (Å²) in [5.74, 6) is -0.320. The zero-order chi connectivity index (χ0) is 18.3. The van der Waals surface area contributed by atoms with Gasteiger partial charge in [0.25, 0.3) is 5.91 Å². The van der Waals surface area contributed by atoms with Gasteiger partial charge in [0.15, 0.2) is 5.69 Å². The van der Waals surface area contributed by atoms with Crippen molar-refractivity contribution in [3.8, 4) is 5.69 Å². The van der Waals surface area contributed by atoms with Crippen LogP contribution in [0.2, 0.25) is 0 Å². The lowest BCUT2D eigenvalue weighted by atomic mass is 10.2. The number of hydrogen-bond donors (Lipinski definition) is 1. The van der Waals surface area contributed by atoms with Gasteiger partial charge in [-0.05, 0) is 25.0 Å². The minimum Gasteiger partial charge on any atom is -0.376 e. The van der Waals surface area contributed by atoms with Crippen LogP contribution in [0.3, 0.4) is 0 Å². The van der Waals surface area contributed by atoms with Crippen molar-refractivity contribution < 1.29 is 17.9 Å². The lowest BCUT2D eigenvalue weighted by molar-refractivity contribution is 0.0853. The van der Waals surface area contributed by atoms with E-state index < -0.39 is 10.0 Å².